The molecule has 3 heterocycles. The average molecular weight is 480 g/mol. The van der Waals surface area contributed by atoms with Crippen molar-refractivity contribution in [3.63, 3.8) is 0 Å². The van der Waals surface area contributed by atoms with Crippen molar-refractivity contribution >= 4 is 45.4 Å². The van der Waals surface area contributed by atoms with E-state index in [2.05, 4.69) is 5.32 Å². The molecule has 9 heteroatoms. The van der Waals surface area contributed by atoms with E-state index >= 15 is 0 Å². The van der Waals surface area contributed by atoms with Crippen molar-refractivity contribution in [2.45, 2.75) is 37.6 Å². The Hall–Kier alpha value is -3.30. The number of benzene rings is 2. The maximum absolute atomic E-state index is 13.4. The summed E-state index contributed by atoms with van der Waals surface area (Å²) in [6.07, 6.45) is 1.77. The molecule has 2 aromatic heterocycles. The van der Waals surface area contributed by atoms with Crippen LogP contribution in [0.3, 0.4) is 0 Å². The van der Waals surface area contributed by atoms with Gasteiger partial charge in [-0.1, -0.05) is 30.0 Å². The van der Waals surface area contributed by atoms with Crippen LogP contribution < -0.4 is 15.6 Å². The molecule has 1 saturated heterocycles. The lowest BCUT2D eigenvalue weighted by molar-refractivity contribution is -0.113. The summed E-state index contributed by atoms with van der Waals surface area (Å²) in [5.74, 6) is 0.448. The smallest absolute Gasteiger partial charge is 0.297 e. The number of ether oxygens (including phenoxy) is 2. The van der Waals surface area contributed by atoms with Gasteiger partial charge in [-0.2, -0.15) is 0 Å². The quantitative estimate of drug-likeness (QED) is 0.311. The van der Waals surface area contributed by atoms with E-state index in [-0.39, 0.29) is 28.9 Å². The number of nitrogens with zero attached hydrogens (tertiary/aromatic N) is 2. The number of anilines is 1. The van der Waals surface area contributed by atoms with Crippen LogP contribution in [0.15, 0.2) is 56.8 Å². The van der Waals surface area contributed by atoms with Crippen LogP contribution in [0, 0.1) is 6.92 Å². The van der Waals surface area contributed by atoms with Gasteiger partial charge in [0.1, 0.15) is 16.8 Å². The van der Waals surface area contributed by atoms with Gasteiger partial charge in [-0.15, -0.1) is 0 Å². The molecule has 176 valence electrons. The van der Waals surface area contributed by atoms with Crippen LogP contribution in [-0.2, 0) is 16.1 Å². The number of nitrogens with one attached hydrogen (secondary N) is 1. The number of methoxy groups -OCH3 is 1. The first-order valence-electron chi connectivity index (χ1n) is 11.1. The summed E-state index contributed by atoms with van der Waals surface area (Å²) >= 11 is 1.22. The van der Waals surface area contributed by atoms with E-state index in [0.29, 0.717) is 40.8 Å². The third-order valence-corrected chi connectivity index (χ3v) is 6.80. The lowest BCUT2D eigenvalue weighted by Crippen LogP contribution is -2.29. The summed E-state index contributed by atoms with van der Waals surface area (Å²) < 4.78 is 18.5. The standard InChI is InChI=1S/C25H25N3O5S/c1-15-9-10-20(31-2)18(12-15)26-21(29)14-34-25-27-22-17-7-3-4-8-19(17)33-23(22)24(30)28(25)13-16-6-5-11-32-16/h3-4,7-10,12,16H,5-6,11,13-14H2,1-2H3,(H,26,29)/t16-/m0/s1. The number of rotatable bonds is 7. The third-order valence-electron chi connectivity index (χ3n) is 5.82. The van der Waals surface area contributed by atoms with Crippen LogP contribution in [0.1, 0.15) is 18.4 Å². The van der Waals surface area contributed by atoms with Crippen LogP contribution in [0.4, 0.5) is 5.69 Å². The minimum absolute atomic E-state index is 0.0638. The first-order chi connectivity index (χ1) is 16.5. The number of hydrogen-bond acceptors (Lipinski definition) is 7. The summed E-state index contributed by atoms with van der Waals surface area (Å²) in [7, 11) is 1.56. The van der Waals surface area contributed by atoms with Crippen molar-refractivity contribution in [1.82, 2.24) is 9.55 Å². The summed E-state index contributed by atoms with van der Waals surface area (Å²) in [4.78, 5) is 31.0. The number of amides is 1. The van der Waals surface area contributed by atoms with Gasteiger partial charge in [0.05, 0.1) is 31.2 Å². The summed E-state index contributed by atoms with van der Waals surface area (Å²) in [5.41, 5.74) is 2.68. The number of furan rings is 1. The molecule has 0 unspecified atom stereocenters. The van der Waals surface area contributed by atoms with Crippen LogP contribution >= 0.6 is 11.8 Å². The molecule has 1 aliphatic rings. The van der Waals surface area contributed by atoms with E-state index in [9.17, 15) is 9.59 Å². The Morgan fingerprint density at radius 3 is 2.94 bits per heavy atom. The Balaban J connectivity index is 1.46. The van der Waals surface area contributed by atoms with E-state index in [1.165, 1.54) is 11.8 Å². The van der Waals surface area contributed by atoms with Gasteiger partial charge >= 0.3 is 0 Å². The highest BCUT2D eigenvalue weighted by molar-refractivity contribution is 7.99. The van der Waals surface area contributed by atoms with Crippen molar-refractivity contribution in [2.24, 2.45) is 0 Å². The molecule has 5 rings (SSSR count). The molecule has 1 N–H and O–H groups in total. The predicted molar refractivity (Wildman–Crippen MR) is 132 cm³/mol. The van der Waals surface area contributed by atoms with Gasteiger partial charge in [-0.05, 0) is 49.6 Å². The monoisotopic (exact) mass is 479 g/mol. The Labute approximate surface area is 200 Å². The molecule has 0 radical (unpaired) electrons. The van der Waals surface area contributed by atoms with Gasteiger partial charge in [0.15, 0.2) is 5.16 Å². The molecule has 1 amide bonds. The number of aromatic nitrogens is 2. The zero-order valence-electron chi connectivity index (χ0n) is 19.0. The molecule has 1 aliphatic heterocycles. The van der Waals surface area contributed by atoms with Crippen LogP contribution in [0.25, 0.3) is 22.1 Å². The van der Waals surface area contributed by atoms with E-state index in [1.54, 1.807) is 11.7 Å². The van der Waals surface area contributed by atoms with Gasteiger partial charge in [-0.25, -0.2) is 4.98 Å². The number of hydrogen-bond donors (Lipinski definition) is 1. The third kappa shape index (κ3) is 4.41. The zero-order valence-corrected chi connectivity index (χ0v) is 19.8. The van der Waals surface area contributed by atoms with Crippen LogP contribution in [0.5, 0.6) is 5.75 Å². The van der Waals surface area contributed by atoms with Gasteiger partial charge in [0, 0.05) is 12.0 Å². The molecule has 1 atom stereocenters. The second-order valence-corrected chi connectivity index (χ2v) is 9.20. The fraction of sp³-hybridized carbons (Fsp3) is 0.320. The van der Waals surface area contributed by atoms with E-state index in [0.717, 1.165) is 23.8 Å². The Kier molecular flexibility index (Phi) is 6.30. The number of carbonyl (C=O) groups is 1. The number of aryl methyl sites for hydroxylation is 1. The molecule has 34 heavy (non-hydrogen) atoms. The minimum atomic E-state index is -0.264. The van der Waals surface area contributed by atoms with Crippen molar-refractivity contribution in [3.05, 3.63) is 58.4 Å². The van der Waals surface area contributed by atoms with E-state index in [1.807, 2.05) is 49.4 Å². The first kappa shape index (κ1) is 22.5. The maximum atomic E-state index is 13.4. The summed E-state index contributed by atoms with van der Waals surface area (Å²) in [6, 6.07) is 13.0. The Morgan fingerprint density at radius 2 is 2.15 bits per heavy atom. The lowest BCUT2D eigenvalue weighted by Gasteiger charge is -2.15. The second-order valence-electron chi connectivity index (χ2n) is 8.26. The van der Waals surface area contributed by atoms with Crippen molar-refractivity contribution in [2.75, 3.05) is 24.8 Å². The van der Waals surface area contributed by atoms with Crippen molar-refractivity contribution in [3.8, 4) is 5.75 Å². The highest BCUT2D eigenvalue weighted by Crippen LogP contribution is 2.29. The predicted octanol–water partition coefficient (Wildman–Crippen LogP) is 4.37. The number of carbonyl (C=O) groups excluding carboxylic acids is 1. The van der Waals surface area contributed by atoms with Crippen molar-refractivity contribution < 1.29 is 18.7 Å². The molecule has 1 fully saturated rings. The SMILES string of the molecule is COc1ccc(C)cc1NC(=O)CSc1nc2c(oc3ccccc32)c(=O)n1C[C@@H]1CCCO1. The molecule has 0 saturated carbocycles. The average Bonchev–Trinajstić information content (AvgIpc) is 3.48. The Morgan fingerprint density at radius 1 is 1.29 bits per heavy atom. The molecule has 8 nitrogen and oxygen atoms in total. The molecular formula is C25H25N3O5S. The molecule has 4 aromatic rings. The maximum Gasteiger partial charge on any atom is 0.297 e. The topological polar surface area (TPSA) is 95.6 Å². The zero-order chi connectivity index (χ0) is 23.7. The molecule has 0 aliphatic carbocycles. The number of para-hydroxylation sites is 1. The molecule has 0 bridgehead atoms. The summed E-state index contributed by atoms with van der Waals surface area (Å²) in [6.45, 7) is 3.00. The molecule has 0 spiro atoms. The normalized spacial score (nSPS) is 15.8. The highest BCUT2D eigenvalue weighted by Gasteiger charge is 2.23. The second kappa shape index (κ2) is 9.52. The fourth-order valence-electron chi connectivity index (χ4n) is 4.15. The summed E-state index contributed by atoms with van der Waals surface area (Å²) in [5, 5.41) is 4.14. The van der Waals surface area contributed by atoms with Gasteiger partial charge in [0.2, 0.25) is 11.5 Å². The highest BCUT2D eigenvalue weighted by atomic mass is 32.2. The van der Waals surface area contributed by atoms with Gasteiger partial charge in [0.25, 0.3) is 5.56 Å². The molecular weight excluding hydrogens is 454 g/mol. The van der Waals surface area contributed by atoms with Crippen molar-refractivity contribution in [1.29, 1.82) is 0 Å². The number of fused-ring (bicyclic) bond motifs is 3. The van der Waals surface area contributed by atoms with Crippen LogP contribution in [-0.4, -0.2) is 41.0 Å². The van der Waals surface area contributed by atoms with E-state index in [4.69, 9.17) is 18.9 Å². The van der Waals surface area contributed by atoms with Crippen LogP contribution in [0.2, 0.25) is 0 Å². The fourth-order valence-corrected chi connectivity index (χ4v) is 4.95. The molecule has 2 aromatic carbocycles. The largest absolute Gasteiger partial charge is 0.495 e. The number of thioether (sulfide) groups is 1. The minimum Gasteiger partial charge on any atom is -0.495 e. The first-order valence-corrected chi connectivity index (χ1v) is 12.1. The lowest BCUT2D eigenvalue weighted by atomic mass is 10.2. The van der Waals surface area contributed by atoms with E-state index < -0.39 is 0 Å². The van der Waals surface area contributed by atoms with Gasteiger partial charge in [-0.3, -0.25) is 14.2 Å². The Bertz CT molecular complexity index is 1420. The van der Waals surface area contributed by atoms with Gasteiger partial charge < -0.3 is 19.2 Å².